The maximum atomic E-state index is 12.6. The summed E-state index contributed by atoms with van der Waals surface area (Å²) >= 11 is 1.42. The molecule has 3 N–H and O–H groups in total. The molecule has 2 rings (SSSR count). The molecule has 0 saturated carbocycles. The van der Waals surface area contributed by atoms with E-state index in [0.717, 1.165) is 36.5 Å². The van der Waals surface area contributed by atoms with E-state index >= 15 is 0 Å². The van der Waals surface area contributed by atoms with E-state index in [-0.39, 0.29) is 19.1 Å². The molecule has 0 bridgehead atoms. The van der Waals surface area contributed by atoms with E-state index in [0.29, 0.717) is 10.6 Å². The number of thiophene rings is 1. The predicted octanol–water partition coefficient (Wildman–Crippen LogP) is 2.20. The summed E-state index contributed by atoms with van der Waals surface area (Å²) in [5, 5.41) is 14.9. The van der Waals surface area contributed by atoms with Gasteiger partial charge in [-0.15, -0.1) is 11.3 Å². The summed E-state index contributed by atoms with van der Waals surface area (Å²) in [6.45, 7) is 10.1. The summed E-state index contributed by atoms with van der Waals surface area (Å²) in [6.07, 6.45) is 0.187. The molecule has 1 aliphatic heterocycles. The SMILES string of the molecule is CCN1CCc2c(sc(NC(=O)OC(C)(C)C)c2C(=O)NCCO)C1. The summed E-state index contributed by atoms with van der Waals surface area (Å²) in [7, 11) is 0. The van der Waals surface area contributed by atoms with Gasteiger partial charge in [0.25, 0.3) is 5.91 Å². The summed E-state index contributed by atoms with van der Waals surface area (Å²) in [5.74, 6) is -0.275. The summed E-state index contributed by atoms with van der Waals surface area (Å²) in [6, 6.07) is 0. The zero-order valence-corrected chi connectivity index (χ0v) is 16.1. The highest BCUT2D eigenvalue weighted by Crippen LogP contribution is 2.37. The fourth-order valence-electron chi connectivity index (χ4n) is 2.71. The Kier molecular flexibility index (Phi) is 6.42. The van der Waals surface area contributed by atoms with Crippen molar-refractivity contribution >= 4 is 28.3 Å². The number of hydrogen-bond acceptors (Lipinski definition) is 6. The second-order valence-corrected chi connectivity index (χ2v) is 8.04. The van der Waals surface area contributed by atoms with Gasteiger partial charge in [0.2, 0.25) is 0 Å². The van der Waals surface area contributed by atoms with E-state index in [2.05, 4.69) is 22.5 Å². The van der Waals surface area contributed by atoms with Crippen LogP contribution < -0.4 is 10.6 Å². The number of aliphatic hydroxyl groups is 1. The van der Waals surface area contributed by atoms with E-state index < -0.39 is 11.7 Å². The van der Waals surface area contributed by atoms with Crippen molar-refractivity contribution in [3.05, 3.63) is 16.0 Å². The first kappa shape index (κ1) is 19.7. The molecular formula is C17H27N3O4S. The third kappa shape index (κ3) is 5.17. The minimum absolute atomic E-state index is 0.128. The van der Waals surface area contributed by atoms with Crippen LogP contribution in [0, 0.1) is 0 Å². The van der Waals surface area contributed by atoms with E-state index in [1.807, 2.05) is 0 Å². The minimum Gasteiger partial charge on any atom is -0.444 e. The number of anilines is 1. The molecule has 0 radical (unpaired) electrons. The van der Waals surface area contributed by atoms with E-state index in [9.17, 15) is 9.59 Å². The Morgan fingerprint density at radius 2 is 2.08 bits per heavy atom. The molecule has 25 heavy (non-hydrogen) atoms. The van der Waals surface area contributed by atoms with Crippen molar-refractivity contribution in [2.45, 2.75) is 46.3 Å². The molecular weight excluding hydrogens is 342 g/mol. The number of carbonyl (C=O) groups is 2. The van der Waals surface area contributed by atoms with Crippen LogP contribution in [-0.4, -0.2) is 53.8 Å². The first-order chi connectivity index (χ1) is 11.7. The summed E-state index contributed by atoms with van der Waals surface area (Å²) < 4.78 is 5.31. The monoisotopic (exact) mass is 369 g/mol. The quantitative estimate of drug-likeness (QED) is 0.740. The topological polar surface area (TPSA) is 90.9 Å². The lowest BCUT2D eigenvalue weighted by Gasteiger charge is -2.25. The van der Waals surface area contributed by atoms with Gasteiger partial charge in [-0.25, -0.2) is 4.79 Å². The van der Waals surface area contributed by atoms with E-state index in [4.69, 9.17) is 9.84 Å². The number of ether oxygens (including phenoxy) is 1. The fraction of sp³-hybridized carbons (Fsp3) is 0.647. The maximum absolute atomic E-state index is 12.6. The molecule has 0 spiro atoms. The van der Waals surface area contributed by atoms with Gasteiger partial charge in [-0.1, -0.05) is 6.92 Å². The molecule has 0 aliphatic carbocycles. The second kappa shape index (κ2) is 8.16. The largest absolute Gasteiger partial charge is 0.444 e. The lowest BCUT2D eigenvalue weighted by molar-refractivity contribution is 0.0636. The first-order valence-electron chi connectivity index (χ1n) is 8.51. The average molecular weight is 369 g/mol. The van der Waals surface area contributed by atoms with Crippen molar-refractivity contribution in [2.75, 3.05) is 31.6 Å². The molecule has 0 fully saturated rings. The predicted molar refractivity (Wildman–Crippen MR) is 98.2 cm³/mol. The van der Waals surface area contributed by atoms with Gasteiger partial charge in [-0.2, -0.15) is 0 Å². The highest BCUT2D eigenvalue weighted by atomic mass is 32.1. The van der Waals surface area contributed by atoms with Crippen molar-refractivity contribution in [1.82, 2.24) is 10.2 Å². The number of amides is 2. The zero-order chi connectivity index (χ0) is 18.6. The van der Waals surface area contributed by atoms with Crippen LogP contribution in [0.4, 0.5) is 9.80 Å². The molecule has 140 valence electrons. The Balaban J connectivity index is 2.29. The van der Waals surface area contributed by atoms with Gasteiger partial charge in [-0.3, -0.25) is 15.0 Å². The lowest BCUT2D eigenvalue weighted by atomic mass is 10.0. The second-order valence-electron chi connectivity index (χ2n) is 6.93. The van der Waals surface area contributed by atoms with E-state index in [1.165, 1.54) is 11.3 Å². The van der Waals surface area contributed by atoms with Crippen LogP contribution in [0.25, 0.3) is 0 Å². The van der Waals surface area contributed by atoms with Crippen molar-refractivity contribution in [1.29, 1.82) is 0 Å². The van der Waals surface area contributed by atoms with Gasteiger partial charge in [0, 0.05) is 24.5 Å². The van der Waals surface area contributed by atoms with Crippen LogP contribution in [0.2, 0.25) is 0 Å². The number of fused-ring (bicyclic) bond motifs is 1. The van der Waals surface area contributed by atoms with Crippen LogP contribution in [-0.2, 0) is 17.7 Å². The Morgan fingerprint density at radius 1 is 1.36 bits per heavy atom. The molecule has 0 saturated heterocycles. The average Bonchev–Trinajstić information content (AvgIpc) is 2.87. The molecule has 0 unspecified atom stereocenters. The van der Waals surface area contributed by atoms with Crippen molar-refractivity contribution in [3.63, 3.8) is 0 Å². The zero-order valence-electron chi connectivity index (χ0n) is 15.3. The third-order valence-electron chi connectivity index (χ3n) is 3.82. The normalized spacial score (nSPS) is 14.8. The number of carbonyl (C=O) groups excluding carboxylic acids is 2. The number of aliphatic hydroxyl groups excluding tert-OH is 1. The van der Waals surface area contributed by atoms with Crippen molar-refractivity contribution in [3.8, 4) is 0 Å². The van der Waals surface area contributed by atoms with Gasteiger partial charge < -0.3 is 15.2 Å². The van der Waals surface area contributed by atoms with Crippen LogP contribution in [0.15, 0.2) is 0 Å². The lowest BCUT2D eigenvalue weighted by Crippen LogP contribution is -2.32. The number of nitrogens with one attached hydrogen (secondary N) is 2. The van der Waals surface area contributed by atoms with Crippen LogP contribution in [0.1, 0.15) is 48.5 Å². The van der Waals surface area contributed by atoms with E-state index in [1.54, 1.807) is 20.8 Å². The summed E-state index contributed by atoms with van der Waals surface area (Å²) in [5.41, 5.74) is 0.866. The molecule has 2 heterocycles. The number of hydrogen-bond donors (Lipinski definition) is 3. The Hall–Kier alpha value is -1.64. The van der Waals surface area contributed by atoms with Gasteiger partial charge >= 0.3 is 6.09 Å². The smallest absolute Gasteiger partial charge is 0.412 e. The molecule has 8 heteroatoms. The number of nitrogens with zero attached hydrogens (tertiary/aromatic N) is 1. The Morgan fingerprint density at radius 3 is 2.68 bits per heavy atom. The molecule has 0 aromatic carbocycles. The standard InChI is InChI=1S/C17H27N3O4S/c1-5-20-8-6-11-12(10-20)25-15(13(11)14(22)18-7-9-21)19-16(23)24-17(2,3)4/h21H,5-10H2,1-4H3,(H,18,22)(H,19,23). The highest BCUT2D eigenvalue weighted by molar-refractivity contribution is 7.17. The molecule has 7 nitrogen and oxygen atoms in total. The van der Waals surface area contributed by atoms with Crippen LogP contribution in [0.3, 0.4) is 0 Å². The van der Waals surface area contributed by atoms with Crippen LogP contribution in [0.5, 0.6) is 0 Å². The molecule has 1 aromatic heterocycles. The first-order valence-corrected chi connectivity index (χ1v) is 9.32. The molecule has 0 atom stereocenters. The molecule has 2 amide bonds. The molecule has 1 aromatic rings. The van der Waals surface area contributed by atoms with Crippen molar-refractivity contribution < 1.29 is 19.4 Å². The van der Waals surface area contributed by atoms with Gasteiger partial charge in [0.15, 0.2) is 0 Å². The minimum atomic E-state index is -0.612. The maximum Gasteiger partial charge on any atom is 0.412 e. The van der Waals surface area contributed by atoms with Crippen molar-refractivity contribution in [2.24, 2.45) is 0 Å². The van der Waals surface area contributed by atoms with Gasteiger partial charge in [0.1, 0.15) is 10.6 Å². The third-order valence-corrected chi connectivity index (χ3v) is 4.95. The summed E-state index contributed by atoms with van der Waals surface area (Å²) in [4.78, 5) is 28.1. The van der Waals surface area contributed by atoms with Gasteiger partial charge in [-0.05, 0) is 39.3 Å². The molecule has 1 aliphatic rings. The highest BCUT2D eigenvalue weighted by Gasteiger charge is 2.29. The van der Waals surface area contributed by atoms with Gasteiger partial charge in [0.05, 0.1) is 12.2 Å². The fourth-order valence-corrected chi connectivity index (χ4v) is 3.98. The Labute approximate surface area is 152 Å². The van der Waals surface area contributed by atoms with Crippen LogP contribution >= 0.6 is 11.3 Å². The Bertz CT molecular complexity index is 637. The number of likely N-dealkylation sites (N-methyl/N-ethyl adjacent to an activating group) is 1. The number of rotatable bonds is 5.